The lowest BCUT2D eigenvalue weighted by Crippen LogP contribution is -2.42. The molecule has 2 aliphatic rings. The third-order valence-corrected chi connectivity index (χ3v) is 5.43. The van der Waals surface area contributed by atoms with E-state index >= 15 is 0 Å². The topological polar surface area (TPSA) is 71.3 Å². The van der Waals surface area contributed by atoms with Crippen LogP contribution in [-0.4, -0.2) is 46.1 Å². The number of aryl methyl sites for hydroxylation is 1. The van der Waals surface area contributed by atoms with Crippen LogP contribution < -0.4 is 5.32 Å². The van der Waals surface area contributed by atoms with E-state index in [1.807, 2.05) is 16.8 Å². The standard InChI is InChI=1S/C16H20N4O2S.ClH/c21-15(20-12-1-2-13(20)9-17-7-5-12)4-3-14-18-16(19-22-14)11-6-8-23-10-11;/h6,8,10,12-13,17H,1-5,7,9H2;1H. The van der Waals surface area contributed by atoms with Crippen LogP contribution in [-0.2, 0) is 11.2 Å². The molecule has 2 saturated heterocycles. The summed E-state index contributed by atoms with van der Waals surface area (Å²) in [6.45, 7) is 1.93. The average molecular weight is 369 g/mol. The second-order valence-corrected chi connectivity index (χ2v) is 6.98. The molecule has 24 heavy (non-hydrogen) atoms. The van der Waals surface area contributed by atoms with Crippen molar-refractivity contribution in [2.45, 2.75) is 44.2 Å². The van der Waals surface area contributed by atoms with Gasteiger partial charge >= 0.3 is 0 Å². The molecular formula is C16H21ClN4O2S. The van der Waals surface area contributed by atoms with Gasteiger partial charge in [0.15, 0.2) is 0 Å². The molecule has 1 N–H and O–H groups in total. The number of halogens is 1. The second-order valence-electron chi connectivity index (χ2n) is 6.20. The maximum atomic E-state index is 12.6. The first-order valence-electron chi connectivity index (χ1n) is 8.18. The Morgan fingerprint density at radius 2 is 2.25 bits per heavy atom. The lowest BCUT2D eigenvalue weighted by atomic mass is 10.1. The molecule has 0 saturated carbocycles. The molecule has 0 spiro atoms. The Morgan fingerprint density at radius 3 is 3.08 bits per heavy atom. The first kappa shape index (κ1) is 17.4. The summed E-state index contributed by atoms with van der Waals surface area (Å²) in [5, 5.41) is 11.4. The Bertz CT molecular complexity index is 661. The molecule has 4 rings (SSSR count). The van der Waals surface area contributed by atoms with Gasteiger partial charge in [0.1, 0.15) is 0 Å². The monoisotopic (exact) mass is 368 g/mol. The van der Waals surface area contributed by atoms with E-state index in [9.17, 15) is 4.79 Å². The van der Waals surface area contributed by atoms with E-state index in [1.165, 1.54) is 0 Å². The molecule has 8 heteroatoms. The SMILES string of the molecule is Cl.O=C(CCc1nc(-c2ccsc2)no1)N1C2CCNCC1CC2. The maximum Gasteiger partial charge on any atom is 0.227 e. The van der Waals surface area contributed by atoms with Gasteiger partial charge in [0.2, 0.25) is 17.6 Å². The summed E-state index contributed by atoms with van der Waals surface area (Å²) in [6.07, 6.45) is 4.27. The van der Waals surface area contributed by atoms with E-state index in [1.54, 1.807) is 11.3 Å². The molecule has 6 nitrogen and oxygen atoms in total. The Kier molecular flexibility index (Phi) is 5.53. The van der Waals surface area contributed by atoms with Crippen molar-refractivity contribution in [1.82, 2.24) is 20.4 Å². The number of nitrogens with zero attached hydrogens (tertiary/aromatic N) is 3. The maximum absolute atomic E-state index is 12.6. The van der Waals surface area contributed by atoms with Crippen LogP contribution in [0.15, 0.2) is 21.3 Å². The molecule has 0 radical (unpaired) electrons. The summed E-state index contributed by atoms with van der Waals surface area (Å²) in [5.41, 5.74) is 0.966. The minimum Gasteiger partial charge on any atom is -0.339 e. The summed E-state index contributed by atoms with van der Waals surface area (Å²) in [4.78, 5) is 19.1. The van der Waals surface area contributed by atoms with Crippen molar-refractivity contribution >= 4 is 29.7 Å². The van der Waals surface area contributed by atoms with Gasteiger partial charge in [0.05, 0.1) is 0 Å². The molecule has 130 valence electrons. The van der Waals surface area contributed by atoms with Gasteiger partial charge in [-0.25, -0.2) is 0 Å². The molecule has 2 aliphatic heterocycles. The summed E-state index contributed by atoms with van der Waals surface area (Å²) < 4.78 is 5.28. The molecule has 1 amide bonds. The van der Waals surface area contributed by atoms with Crippen LogP contribution in [0.25, 0.3) is 11.4 Å². The minimum atomic E-state index is 0. The quantitative estimate of drug-likeness (QED) is 0.897. The van der Waals surface area contributed by atoms with Gasteiger partial charge in [0, 0.05) is 42.4 Å². The predicted molar refractivity (Wildman–Crippen MR) is 94.3 cm³/mol. The molecule has 0 aromatic carbocycles. The summed E-state index contributed by atoms with van der Waals surface area (Å²) in [5.74, 6) is 1.36. The van der Waals surface area contributed by atoms with Crippen molar-refractivity contribution in [2.24, 2.45) is 0 Å². The normalized spacial score (nSPS) is 22.9. The van der Waals surface area contributed by atoms with E-state index in [4.69, 9.17) is 4.52 Å². The van der Waals surface area contributed by atoms with Crippen LogP contribution in [0.4, 0.5) is 0 Å². The zero-order chi connectivity index (χ0) is 15.6. The van der Waals surface area contributed by atoms with Crippen molar-refractivity contribution in [2.75, 3.05) is 13.1 Å². The highest BCUT2D eigenvalue weighted by Crippen LogP contribution is 2.28. The third kappa shape index (κ3) is 3.48. The minimum absolute atomic E-state index is 0. The summed E-state index contributed by atoms with van der Waals surface area (Å²) in [7, 11) is 0. The molecule has 2 fully saturated rings. The molecule has 2 atom stereocenters. The van der Waals surface area contributed by atoms with Crippen molar-refractivity contribution in [3.05, 3.63) is 22.7 Å². The number of aromatic nitrogens is 2. The van der Waals surface area contributed by atoms with Gasteiger partial charge < -0.3 is 14.7 Å². The van der Waals surface area contributed by atoms with E-state index in [-0.39, 0.29) is 18.3 Å². The van der Waals surface area contributed by atoms with Crippen molar-refractivity contribution in [3.63, 3.8) is 0 Å². The van der Waals surface area contributed by atoms with Gasteiger partial charge in [-0.15, -0.1) is 12.4 Å². The number of nitrogens with one attached hydrogen (secondary N) is 1. The zero-order valence-corrected chi connectivity index (χ0v) is 14.9. The molecular weight excluding hydrogens is 348 g/mol. The van der Waals surface area contributed by atoms with Gasteiger partial charge in [-0.1, -0.05) is 5.16 Å². The Balaban J connectivity index is 0.00000169. The van der Waals surface area contributed by atoms with E-state index < -0.39 is 0 Å². The van der Waals surface area contributed by atoms with E-state index in [0.717, 1.165) is 37.9 Å². The first-order chi connectivity index (χ1) is 11.3. The van der Waals surface area contributed by atoms with E-state index in [2.05, 4.69) is 20.4 Å². The Morgan fingerprint density at radius 1 is 1.38 bits per heavy atom. The fourth-order valence-corrected chi connectivity index (χ4v) is 4.23. The van der Waals surface area contributed by atoms with Crippen LogP contribution >= 0.6 is 23.7 Å². The molecule has 0 aliphatic carbocycles. The number of hydrogen-bond acceptors (Lipinski definition) is 6. The number of amides is 1. The molecule has 2 aromatic heterocycles. The lowest BCUT2D eigenvalue weighted by Gasteiger charge is -2.27. The number of hydrogen-bond donors (Lipinski definition) is 1. The van der Waals surface area contributed by atoms with Crippen molar-refractivity contribution in [3.8, 4) is 11.4 Å². The smallest absolute Gasteiger partial charge is 0.227 e. The Labute approximate surface area is 151 Å². The molecule has 4 heterocycles. The van der Waals surface area contributed by atoms with Gasteiger partial charge in [-0.2, -0.15) is 16.3 Å². The fourth-order valence-electron chi connectivity index (χ4n) is 3.60. The fraction of sp³-hybridized carbons (Fsp3) is 0.562. The van der Waals surface area contributed by atoms with Crippen LogP contribution in [0.5, 0.6) is 0 Å². The van der Waals surface area contributed by atoms with Crippen LogP contribution in [0, 0.1) is 0 Å². The Hall–Kier alpha value is -1.44. The van der Waals surface area contributed by atoms with Crippen LogP contribution in [0.3, 0.4) is 0 Å². The average Bonchev–Trinajstić information content (AvgIpc) is 3.23. The van der Waals surface area contributed by atoms with Crippen LogP contribution in [0.1, 0.15) is 31.6 Å². The second kappa shape index (κ2) is 7.63. The highest BCUT2D eigenvalue weighted by atomic mass is 35.5. The van der Waals surface area contributed by atoms with Crippen LogP contribution in [0.2, 0.25) is 0 Å². The number of carbonyl (C=O) groups excluding carboxylic acids is 1. The number of rotatable bonds is 4. The highest BCUT2D eigenvalue weighted by molar-refractivity contribution is 7.08. The predicted octanol–water partition coefficient (Wildman–Crippen LogP) is 2.51. The highest BCUT2D eigenvalue weighted by Gasteiger charge is 2.37. The first-order valence-corrected chi connectivity index (χ1v) is 9.12. The number of fused-ring (bicyclic) bond motifs is 2. The van der Waals surface area contributed by atoms with Crippen molar-refractivity contribution in [1.29, 1.82) is 0 Å². The van der Waals surface area contributed by atoms with E-state index in [0.29, 0.717) is 36.6 Å². The molecule has 2 bridgehead atoms. The van der Waals surface area contributed by atoms with Gasteiger partial charge in [-0.05, 0) is 37.3 Å². The molecule has 2 aromatic rings. The zero-order valence-electron chi connectivity index (χ0n) is 13.3. The van der Waals surface area contributed by atoms with Gasteiger partial charge in [0.25, 0.3) is 0 Å². The lowest BCUT2D eigenvalue weighted by molar-refractivity contribution is -0.133. The molecule has 2 unspecified atom stereocenters. The largest absolute Gasteiger partial charge is 0.339 e. The number of carbonyl (C=O) groups is 1. The summed E-state index contributed by atoms with van der Waals surface area (Å²) in [6, 6.07) is 2.73. The number of thiophene rings is 1. The third-order valence-electron chi connectivity index (χ3n) is 4.74. The van der Waals surface area contributed by atoms with Gasteiger partial charge in [-0.3, -0.25) is 4.79 Å². The summed E-state index contributed by atoms with van der Waals surface area (Å²) >= 11 is 1.60. The van der Waals surface area contributed by atoms with Crippen molar-refractivity contribution < 1.29 is 9.32 Å².